The van der Waals surface area contributed by atoms with Crippen LogP contribution in [0.2, 0.25) is 0 Å². The van der Waals surface area contributed by atoms with E-state index in [0.717, 1.165) is 6.42 Å². The van der Waals surface area contributed by atoms with E-state index in [1.807, 2.05) is 6.07 Å². The van der Waals surface area contributed by atoms with Crippen LogP contribution in [0.15, 0.2) is 71.3 Å². The molecule has 0 saturated carbocycles. The van der Waals surface area contributed by atoms with E-state index < -0.39 is 0 Å². The van der Waals surface area contributed by atoms with E-state index in [-0.39, 0.29) is 16.9 Å². The van der Waals surface area contributed by atoms with Gasteiger partial charge in [-0.15, -0.1) is 0 Å². The summed E-state index contributed by atoms with van der Waals surface area (Å²) in [7, 11) is 0. The highest BCUT2D eigenvalue weighted by Crippen LogP contribution is 2.19. The summed E-state index contributed by atoms with van der Waals surface area (Å²) in [6.45, 7) is 5.08. The van der Waals surface area contributed by atoms with Crippen LogP contribution in [0, 0.1) is 5.92 Å². The van der Waals surface area contributed by atoms with Crippen LogP contribution >= 0.6 is 12.2 Å². The van der Waals surface area contributed by atoms with Crippen molar-refractivity contribution < 1.29 is 18.7 Å². The molecule has 2 aromatic carbocycles. The Hall–Kier alpha value is -3.65. The molecular formula is C25H27N3O4S. The molecule has 7 nitrogen and oxygen atoms in total. The Kier molecular flexibility index (Phi) is 8.60. The summed E-state index contributed by atoms with van der Waals surface area (Å²) >= 11 is 5.28. The standard InChI is InChI=1S/C25H27N3O4S/c1-17(2)13-15-32-22-8-4-3-7-21(22)24(30)28-25(33)27-19-11-9-18(10-12-19)23(29)26-16-20-6-5-14-31-20/h3-12,14,17H,13,15-16H2,1-2H3,(H,26,29)(H2,27,28,30,33). The van der Waals surface area contributed by atoms with Crippen molar-refractivity contribution in [3.8, 4) is 5.75 Å². The van der Waals surface area contributed by atoms with Gasteiger partial charge in [0.25, 0.3) is 11.8 Å². The van der Waals surface area contributed by atoms with Gasteiger partial charge < -0.3 is 19.8 Å². The van der Waals surface area contributed by atoms with Crippen molar-refractivity contribution in [2.45, 2.75) is 26.8 Å². The number of anilines is 1. The zero-order valence-electron chi connectivity index (χ0n) is 18.6. The maximum Gasteiger partial charge on any atom is 0.261 e. The summed E-state index contributed by atoms with van der Waals surface area (Å²) in [6.07, 6.45) is 2.45. The number of carbonyl (C=O) groups is 2. The number of furan rings is 1. The molecule has 0 aliphatic carbocycles. The topological polar surface area (TPSA) is 92.6 Å². The molecule has 2 amide bonds. The smallest absolute Gasteiger partial charge is 0.261 e. The van der Waals surface area contributed by atoms with Crippen molar-refractivity contribution in [1.82, 2.24) is 10.6 Å². The quantitative estimate of drug-likeness (QED) is 0.395. The monoisotopic (exact) mass is 465 g/mol. The van der Waals surface area contributed by atoms with Crippen LogP contribution in [-0.4, -0.2) is 23.5 Å². The Morgan fingerprint density at radius 3 is 2.45 bits per heavy atom. The van der Waals surface area contributed by atoms with Gasteiger partial charge in [0, 0.05) is 11.3 Å². The minimum Gasteiger partial charge on any atom is -0.493 e. The minimum atomic E-state index is -0.360. The van der Waals surface area contributed by atoms with E-state index >= 15 is 0 Å². The van der Waals surface area contributed by atoms with Gasteiger partial charge in [0.1, 0.15) is 11.5 Å². The fraction of sp³-hybridized carbons (Fsp3) is 0.240. The van der Waals surface area contributed by atoms with E-state index in [1.54, 1.807) is 60.9 Å². The maximum absolute atomic E-state index is 12.7. The molecule has 1 aromatic heterocycles. The second kappa shape index (κ2) is 11.8. The molecule has 0 spiro atoms. The summed E-state index contributed by atoms with van der Waals surface area (Å²) in [4.78, 5) is 24.9. The van der Waals surface area contributed by atoms with Gasteiger partial charge in [-0.25, -0.2) is 0 Å². The predicted octanol–water partition coefficient (Wildman–Crippen LogP) is 4.76. The third-order valence-electron chi connectivity index (χ3n) is 4.72. The highest BCUT2D eigenvalue weighted by Gasteiger charge is 2.14. The average Bonchev–Trinajstić information content (AvgIpc) is 3.31. The van der Waals surface area contributed by atoms with Gasteiger partial charge in [-0.3, -0.25) is 14.9 Å². The fourth-order valence-corrected chi connectivity index (χ4v) is 3.12. The lowest BCUT2D eigenvalue weighted by molar-refractivity contribution is 0.0945. The van der Waals surface area contributed by atoms with Gasteiger partial charge in [-0.05, 0) is 73.1 Å². The first-order chi connectivity index (χ1) is 15.9. The normalized spacial score (nSPS) is 10.5. The molecule has 33 heavy (non-hydrogen) atoms. The number of thiocarbonyl (C=S) groups is 1. The highest BCUT2D eigenvalue weighted by molar-refractivity contribution is 7.80. The van der Waals surface area contributed by atoms with Crippen molar-refractivity contribution in [3.05, 3.63) is 83.8 Å². The summed E-state index contributed by atoms with van der Waals surface area (Å²) in [5.74, 6) is 1.12. The van der Waals surface area contributed by atoms with Crippen molar-refractivity contribution >= 4 is 34.8 Å². The van der Waals surface area contributed by atoms with Gasteiger partial charge >= 0.3 is 0 Å². The van der Waals surface area contributed by atoms with E-state index in [4.69, 9.17) is 21.4 Å². The molecular weight excluding hydrogens is 438 g/mol. The summed E-state index contributed by atoms with van der Waals surface area (Å²) in [6, 6.07) is 17.4. The molecule has 0 bridgehead atoms. The highest BCUT2D eigenvalue weighted by atomic mass is 32.1. The Morgan fingerprint density at radius 2 is 1.76 bits per heavy atom. The Balaban J connectivity index is 1.52. The van der Waals surface area contributed by atoms with Gasteiger partial charge in [0.15, 0.2) is 5.11 Å². The number of ether oxygens (including phenoxy) is 1. The zero-order valence-corrected chi connectivity index (χ0v) is 19.4. The number of amides is 2. The van der Waals surface area contributed by atoms with E-state index in [1.165, 1.54) is 0 Å². The van der Waals surface area contributed by atoms with Crippen molar-refractivity contribution in [1.29, 1.82) is 0 Å². The van der Waals surface area contributed by atoms with E-state index in [9.17, 15) is 9.59 Å². The predicted molar refractivity (Wildman–Crippen MR) is 131 cm³/mol. The molecule has 3 N–H and O–H groups in total. The maximum atomic E-state index is 12.7. The number of hydrogen-bond acceptors (Lipinski definition) is 5. The molecule has 0 atom stereocenters. The molecule has 3 aromatic rings. The first kappa shape index (κ1) is 24.0. The molecule has 8 heteroatoms. The van der Waals surface area contributed by atoms with Crippen LogP contribution in [-0.2, 0) is 6.54 Å². The zero-order chi connectivity index (χ0) is 23.6. The van der Waals surface area contributed by atoms with Crippen molar-refractivity contribution in [2.75, 3.05) is 11.9 Å². The lowest BCUT2D eigenvalue weighted by Crippen LogP contribution is -2.34. The Morgan fingerprint density at radius 1 is 1.00 bits per heavy atom. The third kappa shape index (κ3) is 7.47. The molecule has 0 saturated heterocycles. The van der Waals surface area contributed by atoms with Crippen molar-refractivity contribution in [3.63, 3.8) is 0 Å². The summed E-state index contributed by atoms with van der Waals surface area (Å²) in [5.41, 5.74) is 1.55. The van der Waals surface area contributed by atoms with Gasteiger partial charge in [0.2, 0.25) is 0 Å². The SMILES string of the molecule is CC(C)CCOc1ccccc1C(=O)NC(=S)Nc1ccc(C(=O)NCc2ccco2)cc1. The van der Waals surface area contributed by atoms with Crippen LogP contribution in [0.25, 0.3) is 0 Å². The molecule has 0 unspecified atom stereocenters. The molecule has 0 radical (unpaired) electrons. The Labute approximate surface area is 198 Å². The second-order valence-corrected chi connectivity index (χ2v) is 8.18. The average molecular weight is 466 g/mol. The van der Waals surface area contributed by atoms with Crippen molar-refractivity contribution in [2.24, 2.45) is 5.92 Å². The number of hydrogen-bond donors (Lipinski definition) is 3. The number of nitrogens with one attached hydrogen (secondary N) is 3. The molecule has 172 valence electrons. The lowest BCUT2D eigenvalue weighted by atomic mass is 10.1. The number of carbonyl (C=O) groups excluding carboxylic acids is 2. The van der Waals surface area contributed by atoms with Gasteiger partial charge in [-0.1, -0.05) is 26.0 Å². The molecule has 3 rings (SSSR count). The van der Waals surface area contributed by atoms with Crippen LogP contribution in [0.1, 0.15) is 46.7 Å². The number of benzene rings is 2. The third-order valence-corrected chi connectivity index (χ3v) is 4.92. The Bertz CT molecular complexity index is 1080. The number of para-hydroxylation sites is 1. The molecule has 0 fully saturated rings. The second-order valence-electron chi connectivity index (χ2n) is 7.77. The minimum absolute atomic E-state index is 0.145. The van der Waals surface area contributed by atoms with Gasteiger partial charge in [-0.2, -0.15) is 0 Å². The molecule has 1 heterocycles. The van der Waals surface area contributed by atoms with Crippen LogP contribution in [0.5, 0.6) is 5.75 Å². The van der Waals surface area contributed by atoms with Crippen LogP contribution < -0.4 is 20.7 Å². The number of rotatable bonds is 9. The molecule has 0 aliphatic heterocycles. The fourth-order valence-electron chi connectivity index (χ4n) is 2.91. The summed E-state index contributed by atoms with van der Waals surface area (Å²) < 4.78 is 11.0. The van der Waals surface area contributed by atoms with Gasteiger partial charge in [0.05, 0.1) is 25.0 Å². The summed E-state index contributed by atoms with van der Waals surface area (Å²) in [5, 5.41) is 8.55. The first-order valence-corrected chi connectivity index (χ1v) is 11.1. The molecule has 0 aliphatic rings. The first-order valence-electron chi connectivity index (χ1n) is 10.7. The lowest BCUT2D eigenvalue weighted by Gasteiger charge is -2.14. The largest absolute Gasteiger partial charge is 0.493 e. The van der Waals surface area contributed by atoms with E-state index in [0.29, 0.717) is 47.4 Å². The van der Waals surface area contributed by atoms with Crippen LogP contribution in [0.4, 0.5) is 5.69 Å². The van der Waals surface area contributed by atoms with E-state index in [2.05, 4.69) is 29.8 Å². The van der Waals surface area contributed by atoms with Crippen LogP contribution in [0.3, 0.4) is 0 Å².